The van der Waals surface area contributed by atoms with Crippen molar-refractivity contribution >= 4 is 24.2 Å². The fourth-order valence-electron chi connectivity index (χ4n) is 3.25. The number of ether oxygens (including phenoxy) is 5. The molecule has 0 saturated heterocycles. The van der Waals surface area contributed by atoms with E-state index in [4.69, 9.17) is 29.4 Å². The van der Waals surface area contributed by atoms with E-state index >= 15 is 0 Å². The van der Waals surface area contributed by atoms with Crippen LogP contribution in [-0.2, 0) is 23.8 Å². The minimum absolute atomic E-state index is 0.0508. The molecule has 0 aliphatic carbocycles. The van der Waals surface area contributed by atoms with Crippen molar-refractivity contribution in [3.8, 4) is 11.5 Å². The molecule has 11 heteroatoms. The first kappa shape index (κ1) is 31.7. The van der Waals surface area contributed by atoms with Crippen LogP contribution in [0, 0.1) is 17.8 Å². The molecule has 2 unspecified atom stereocenters. The zero-order valence-electron chi connectivity index (χ0n) is 22.4. The van der Waals surface area contributed by atoms with E-state index in [1.54, 1.807) is 6.92 Å². The molecule has 1 rings (SSSR count). The number of aliphatic carboxylic acids is 1. The molecule has 1 aromatic rings. The van der Waals surface area contributed by atoms with E-state index in [2.05, 4.69) is 0 Å². The third kappa shape index (κ3) is 11.5. The van der Waals surface area contributed by atoms with Gasteiger partial charge >= 0.3 is 24.2 Å². The van der Waals surface area contributed by atoms with E-state index in [-0.39, 0.29) is 49.6 Å². The van der Waals surface area contributed by atoms with E-state index in [1.165, 1.54) is 18.2 Å². The highest BCUT2D eigenvalue weighted by atomic mass is 16.7. The molecule has 0 aliphatic rings. The zero-order chi connectivity index (χ0) is 28.1. The van der Waals surface area contributed by atoms with Crippen LogP contribution in [0.1, 0.15) is 65.9 Å². The largest absolute Gasteiger partial charge is 0.513 e. The van der Waals surface area contributed by atoms with Gasteiger partial charge in [-0.1, -0.05) is 47.6 Å². The van der Waals surface area contributed by atoms with Crippen molar-refractivity contribution in [2.45, 2.75) is 66.3 Å². The summed E-state index contributed by atoms with van der Waals surface area (Å²) in [5, 5.41) is 9.61. The second-order valence-electron chi connectivity index (χ2n) is 9.62. The van der Waals surface area contributed by atoms with Crippen LogP contribution in [0.25, 0.3) is 0 Å². The van der Waals surface area contributed by atoms with Gasteiger partial charge in [0.2, 0.25) is 0 Å². The van der Waals surface area contributed by atoms with E-state index in [9.17, 15) is 24.3 Å². The summed E-state index contributed by atoms with van der Waals surface area (Å²) in [6, 6.07) is 2.81. The normalized spacial score (nSPS) is 13.4. The molecule has 3 N–H and O–H groups in total. The van der Waals surface area contributed by atoms with Crippen molar-refractivity contribution in [3.05, 3.63) is 23.8 Å². The Morgan fingerprint density at radius 2 is 1.38 bits per heavy atom. The quantitative estimate of drug-likeness (QED) is 0.200. The van der Waals surface area contributed by atoms with Gasteiger partial charge in [0.25, 0.3) is 0 Å². The summed E-state index contributed by atoms with van der Waals surface area (Å²) >= 11 is 0. The standard InChI is InChI=1S/C26H39NO10/c1-7-8-21(28)33-14-17(6)22(23(27)24(29)30)18-9-10-19(36-25(31)34-12-15(2)3)20(11-18)37-26(32)35-13-16(4)5/h9-11,15-17,22-23H,7-8,12-14,27H2,1-6H3,(H,29,30)/t17?,22?,23-/m0/s1. The SMILES string of the molecule is CCCC(=O)OCC(C)C(c1ccc(OC(=O)OCC(C)C)c(OC(=O)OCC(C)C)c1)[C@H](N)C(=O)O. The first-order chi connectivity index (χ1) is 17.3. The number of nitrogens with two attached hydrogens (primary N) is 1. The second kappa shape index (κ2) is 15.7. The Morgan fingerprint density at radius 1 is 0.838 bits per heavy atom. The summed E-state index contributed by atoms with van der Waals surface area (Å²) in [5.74, 6) is -3.24. The van der Waals surface area contributed by atoms with Crippen LogP contribution in [0.15, 0.2) is 18.2 Å². The number of carboxylic acids is 1. The first-order valence-electron chi connectivity index (χ1n) is 12.3. The minimum atomic E-state index is -1.37. The van der Waals surface area contributed by atoms with Gasteiger partial charge in [-0.05, 0) is 41.9 Å². The maximum atomic E-state index is 12.3. The number of benzene rings is 1. The second-order valence-corrected chi connectivity index (χ2v) is 9.62. The average molecular weight is 526 g/mol. The Morgan fingerprint density at radius 3 is 1.86 bits per heavy atom. The number of carbonyl (C=O) groups excluding carboxylic acids is 3. The summed E-state index contributed by atoms with van der Waals surface area (Å²) in [5.41, 5.74) is 6.36. The fourth-order valence-corrected chi connectivity index (χ4v) is 3.25. The molecule has 208 valence electrons. The van der Waals surface area contributed by atoms with Crippen molar-refractivity contribution in [1.29, 1.82) is 0 Å². The lowest BCUT2D eigenvalue weighted by atomic mass is 9.82. The van der Waals surface area contributed by atoms with Gasteiger partial charge in [0.1, 0.15) is 6.04 Å². The van der Waals surface area contributed by atoms with Gasteiger partial charge in [-0.25, -0.2) is 9.59 Å². The lowest BCUT2D eigenvalue weighted by Crippen LogP contribution is -2.40. The van der Waals surface area contributed by atoms with Gasteiger partial charge in [-0.2, -0.15) is 0 Å². The van der Waals surface area contributed by atoms with Gasteiger partial charge in [0.15, 0.2) is 11.5 Å². The summed E-state index contributed by atoms with van der Waals surface area (Å²) in [6.07, 6.45) is -1.19. The van der Waals surface area contributed by atoms with Crippen LogP contribution in [-0.4, -0.2) is 55.2 Å². The molecule has 0 bridgehead atoms. The number of esters is 1. The fraction of sp³-hybridized carbons (Fsp3) is 0.615. The summed E-state index contributed by atoms with van der Waals surface area (Å²) in [6.45, 7) is 11.1. The number of carbonyl (C=O) groups is 4. The molecule has 3 atom stereocenters. The van der Waals surface area contributed by atoms with Crippen LogP contribution in [0.3, 0.4) is 0 Å². The molecule has 0 fully saturated rings. The van der Waals surface area contributed by atoms with Crippen LogP contribution < -0.4 is 15.2 Å². The Bertz CT molecular complexity index is 915. The molecule has 0 aliphatic heterocycles. The summed E-state index contributed by atoms with van der Waals surface area (Å²) in [4.78, 5) is 48.0. The van der Waals surface area contributed by atoms with Crippen LogP contribution in [0.2, 0.25) is 0 Å². The predicted octanol–water partition coefficient (Wildman–Crippen LogP) is 4.50. The number of hydrogen-bond donors (Lipinski definition) is 2. The van der Waals surface area contributed by atoms with Crippen molar-refractivity contribution in [3.63, 3.8) is 0 Å². The maximum absolute atomic E-state index is 12.3. The van der Waals surface area contributed by atoms with E-state index in [0.717, 1.165) is 0 Å². The predicted molar refractivity (Wildman–Crippen MR) is 133 cm³/mol. The summed E-state index contributed by atoms with van der Waals surface area (Å²) < 4.78 is 25.9. The molecule has 0 radical (unpaired) electrons. The lowest BCUT2D eigenvalue weighted by Gasteiger charge is -2.28. The van der Waals surface area contributed by atoms with E-state index < -0.39 is 42.1 Å². The van der Waals surface area contributed by atoms with Gasteiger partial charge in [0.05, 0.1) is 19.8 Å². The Balaban J connectivity index is 3.32. The molecule has 37 heavy (non-hydrogen) atoms. The third-order valence-corrected chi connectivity index (χ3v) is 5.05. The first-order valence-corrected chi connectivity index (χ1v) is 12.3. The van der Waals surface area contributed by atoms with Gasteiger partial charge in [-0.15, -0.1) is 0 Å². The highest BCUT2D eigenvalue weighted by molar-refractivity contribution is 5.75. The molecular formula is C26H39NO10. The molecule has 0 amide bonds. The van der Waals surface area contributed by atoms with Crippen LogP contribution in [0.4, 0.5) is 9.59 Å². The van der Waals surface area contributed by atoms with Crippen molar-refractivity contribution in [2.24, 2.45) is 23.5 Å². The van der Waals surface area contributed by atoms with Gasteiger partial charge in [0, 0.05) is 12.3 Å². The van der Waals surface area contributed by atoms with Crippen LogP contribution >= 0.6 is 0 Å². The smallest absolute Gasteiger partial charge is 0.480 e. The highest BCUT2D eigenvalue weighted by Gasteiger charge is 2.33. The monoisotopic (exact) mass is 525 g/mol. The number of rotatable bonds is 14. The van der Waals surface area contributed by atoms with Crippen molar-refractivity contribution in [2.75, 3.05) is 19.8 Å². The molecule has 1 aromatic carbocycles. The molecule has 0 heterocycles. The molecular weight excluding hydrogens is 486 g/mol. The Hall–Kier alpha value is -3.34. The average Bonchev–Trinajstić information content (AvgIpc) is 2.81. The molecule has 0 spiro atoms. The van der Waals surface area contributed by atoms with E-state index in [0.29, 0.717) is 12.0 Å². The highest BCUT2D eigenvalue weighted by Crippen LogP contribution is 2.36. The Labute approximate surface area is 217 Å². The molecule has 11 nitrogen and oxygen atoms in total. The third-order valence-electron chi connectivity index (χ3n) is 5.05. The summed E-state index contributed by atoms with van der Waals surface area (Å²) in [7, 11) is 0. The van der Waals surface area contributed by atoms with Crippen molar-refractivity contribution in [1.82, 2.24) is 0 Å². The van der Waals surface area contributed by atoms with Crippen molar-refractivity contribution < 1.29 is 48.0 Å². The lowest BCUT2D eigenvalue weighted by molar-refractivity contribution is -0.145. The van der Waals surface area contributed by atoms with Gasteiger partial charge in [-0.3, -0.25) is 9.59 Å². The maximum Gasteiger partial charge on any atom is 0.513 e. The Kier molecular flexibility index (Phi) is 13.4. The number of carboxylic acid groups (broad SMARTS) is 1. The minimum Gasteiger partial charge on any atom is -0.480 e. The molecule has 0 saturated carbocycles. The van der Waals surface area contributed by atoms with E-state index in [1.807, 2.05) is 34.6 Å². The number of hydrogen-bond acceptors (Lipinski definition) is 10. The zero-order valence-corrected chi connectivity index (χ0v) is 22.4. The topological polar surface area (TPSA) is 161 Å². The van der Waals surface area contributed by atoms with Crippen LogP contribution in [0.5, 0.6) is 11.5 Å². The van der Waals surface area contributed by atoms with Gasteiger partial charge < -0.3 is 34.5 Å². The molecule has 0 aromatic heterocycles.